The van der Waals surface area contributed by atoms with E-state index in [1.165, 1.54) is 34.8 Å². The summed E-state index contributed by atoms with van der Waals surface area (Å²) in [6, 6.07) is 0. The van der Waals surface area contributed by atoms with E-state index in [0.717, 1.165) is 50.5 Å². The summed E-state index contributed by atoms with van der Waals surface area (Å²) in [4.78, 5) is 27.7. The van der Waals surface area contributed by atoms with Gasteiger partial charge >= 0.3 is 0 Å². The van der Waals surface area contributed by atoms with Crippen molar-refractivity contribution in [3.05, 3.63) is 28.0 Å². The predicted molar refractivity (Wildman–Crippen MR) is 136 cm³/mol. The van der Waals surface area contributed by atoms with Crippen LogP contribution in [0.15, 0.2) is 17.4 Å². The fourth-order valence-corrected chi connectivity index (χ4v) is 5.23. The molecule has 0 radical (unpaired) electrons. The van der Waals surface area contributed by atoms with E-state index >= 15 is 0 Å². The van der Waals surface area contributed by atoms with Crippen molar-refractivity contribution in [1.29, 1.82) is 0 Å². The van der Waals surface area contributed by atoms with Crippen molar-refractivity contribution >= 4 is 52.9 Å². The fourth-order valence-electron chi connectivity index (χ4n) is 4.03. The second-order valence-electron chi connectivity index (χ2n) is 7.86. The number of halogens is 1. The molecule has 1 amide bonds. The van der Waals surface area contributed by atoms with Crippen molar-refractivity contribution in [1.82, 2.24) is 25.0 Å². The van der Waals surface area contributed by atoms with Gasteiger partial charge in [-0.25, -0.2) is 4.98 Å². The number of amides is 1. The van der Waals surface area contributed by atoms with Crippen molar-refractivity contribution < 1.29 is 4.79 Å². The molecule has 10 heteroatoms. The van der Waals surface area contributed by atoms with E-state index in [4.69, 9.17) is 9.98 Å². The molecule has 2 aliphatic rings. The molecule has 0 atom stereocenters. The van der Waals surface area contributed by atoms with Gasteiger partial charge in [-0.15, -0.1) is 35.3 Å². The Bertz CT molecular complexity index is 886. The van der Waals surface area contributed by atoms with E-state index in [1.54, 1.807) is 15.8 Å². The molecule has 1 aliphatic heterocycles. The van der Waals surface area contributed by atoms with E-state index in [-0.39, 0.29) is 29.9 Å². The lowest BCUT2D eigenvalue weighted by Gasteiger charge is -2.35. The highest BCUT2D eigenvalue weighted by Crippen LogP contribution is 2.27. The third kappa shape index (κ3) is 5.97. The smallest absolute Gasteiger partial charge is 0.246 e. The standard InChI is InChI=1S/C21H31N7OS.HI/c1-3-22-21(23-10-6-9-19-25-17-7-4-5-8-18(17)30-19)27-11-12-28(20(29)15-27)16-13-24-26(2)14-16;/h13-14H,3-12,15H2,1-2H3,(H,22,23);1H. The first-order chi connectivity index (χ1) is 14.6. The summed E-state index contributed by atoms with van der Waals surface area (Å²) >= 11 is 1.89. The van der Waals surface area contributed by atoms with Crippen LogP contribution in [0.3, 0.4) is 0 Å². The Morgan fingerprint density at radius 2 is 2.13 bits per heavy atom. The number of hydrogen-bond acceptors (Lipinski definition) is 5. The molecule has 1 saturated heterocycles. The van der Waals surface area contributed by atoms with E-state index in [0.29, 0.717) is 13.1 Å². The van der Waals surface area contributed by atoms with E-state index in [9.17, 15) is 4.79 Å². The summed E-state index contributed by atoms with van der Waals surface area (Å²) < 4.78 is 1.72. The number of carbonyl (C=O) groups is 1. The zero-order valence-corrected chi connectivity index (χ0v) is 21.5. The molecular weight excluding hydrogens is 525 g/mol. The van der Waals surface area contributed by atoms with Crippen molar-refractivity contribution in [3.8, 4) is 0 Å². The molecular formula is C21H32IN7OS. The largest absolute Gasteiger partial charge is 0.357 e. The van der Waals surface area contributed by atoms with Crippen LogP contribution in [0.2, 0.25) is 0 Å². The molecule has 1 aliphatic carbocycles. The van der Waals surface area contributed by atoms with Gasteiger partial charge in [-0.3, -0.25) is 14.5 Å². The van der Waals surface area contributed by atoms with Gasteiger partial charge in [0.25, 0.3) is 0 Å². The van der Waals surface area contributed by atoms with Crippen LogP contribution in [0.5, 0.6) is 0 Å². The van der Waals surface area contributed by atoms with E-state index in [2.05, 4.69) is 22.2 Å². The summed E-state index contributed by atoms with van der Waals surface area (Å²) in [7, 11) is 1.86. The van der Waals surface area contributed by atoms with Gasteiger partial charge in [-0.2, -0.15) is 5.10 Å². The molecule has 0 aromatic carbocycles. The van der Waals surface area contributed by atoms with Crippen LogP contribution in [0.1, 0.15) is 41.8 Å². The fraction of sp³-hybridized carbons (Fsp3) is 0.619. The molecule has 2 aromatic heterocycles. The molecule has 0 saturated carbocycles. The molecule has 0 spiro atoms. The Morgan fingerprint density at radius 1 is 1.29 bits per heavy atom. The minimum Gasteiger partial charge on any atom is -0.357 e. The predicted octanol–water partition coefficient (Wildman–Crippen LogP) is 2.62. The first-order valence-electron chi connectivity index (χ1n) is 10.9. The average molecular weight is 558 g/mol. The van der Waals surface area contributed by atoms with Crippen molar-refractivity contribution in [2.45, 2.75) is 45.4 Å². The van der Waals surface area contributed by atoms with Gasteiger partial charge in [0.15, 0.2) is 5.96 Å². The third-order valence-electron chi connectivity index (χ3n) is 5.56. The van der Waals surface area contributed by atoms with Crippen LogP contribution in [-0.4, -0.2) is 64.3 Å². The number of rotatable bonds is 6. The number of piperazine rings is 1. The Morgan fingerprint density at radius 3 is 2.84 bits per heavy atom. The maximum atomic E-state index is 12.7. The summed E-state index contributed by atoms with van der Waals surface area (Å²) in [5.41, 5.74) is 2.19. The summed E-state index contributed by atoms with van der Waals surface area (Å²) in [6.45, 7) is 5.31. The molecule has 0 unspecified atom stereocenters. The molecule has 0 bridgehead atoms. The third-order valence-corrected chi connectivity index (χ3v) is 6.78. The number of carbonyl (C=O) groups excluding carboxylic acids is 1. The van der Waals surface area contributed by atoms with Gasteiger partial charge in [0, 0.05) is 50.7 Å². The van der Waals surface area contributed by atoms with E-state index < -0.39 is 0 Å². The quantitative estimate of drug-likeness (QED) is 0.256. The SMILES string of the molecule is CCNC(=NCCCc1nc2c(s1)CCCC2)N1CCN(c2cnn(C)c2)C(=O)C1.I. The van der Waals surface area contributed by atoms with Crippen LogP contribution >= 0.6 is 35.3 Å². The first-order valence-corrected chi connectivity index (χ1v) is 11.8. The highest BCUT2D eigenvalue weighted by molar-refractivity contribution is 14.0. The van der Waals surface area contributed by atoms with Crippen molar-refractivity contribution in [3.63, 3.8) is 0 Å². The zero-order chi connectivity index (χ0) is 20.9. The second kappa shape index (κ2) is 11.3. The highest BCUT2D eigenvalue weighted by Gasteiger charge is 2.27. The summed E-state index contributed by atoms with van der Waals surface area (Å²) in [5.74, 6) is 0.906. The van der Waals surface area contributed by atoms with Gasteiger partial charge in [-0.05, 0) is 39.0 Å². The molecule has 3 heterocycles. The van der Waals surface area contributed by atoms with E-state index in [1.807, 2.05) is 24.6 Å². The summed E-state index contributed by atoms with van der Waals surface area (Å²) in [6.07, 6.45) is 10.5. The van der Waals surface area contributed by atoms with Gasteiger partial charge in [0.2, 0.25) is 5.91 Å². The monoisotopic (exact) mass is 557 g/mol. The molecule has 170 valence electrons. The summed E-state index contributed by atoms with van der Waals surface area (Å²) in [5, 5.41) is 8.77. The molecule has 1 fully saturated rings. The van der Waals surface area contributed by atoms with Crippen molar-refractivity contribution in [2.24, 2.45) is 12.0 Å². The maximum Gasteiger partial charge on any atom is 0.246 e. The number of aryl methyl sites for hydroxylation is 4. The topological polar surface area (TPSA) is 78.7 Å². The molecule has 2 aromatic rings. The number of aliphatic imine (C=N–C) groups is 1. The number of hydrogen-bond donors (Lipinski definition) is 1. The number of nitrogens with zero attached hydrogens (tertiary/aromatic N) is 6. The van der Waals surface area contributed by atoms with Crippen LogP contribution < -0.4 is 10.2 Å². The minimum absolute atomic E-state index is 0. The molecule has 8 nitrogen and oxygen atoms in total. The van der Waals surface area contributed by atoms with Crippen LogP contribution in [0, 0.1) is 0 Å². The number of nitrogens with one attached hydrogen (secondary N) is 1. The zero-order valence-electron chi connectivity index (χ0n) is 18.3. The number of thiazole rings is 1. The molecule has 31 heavy (non-hydrogen) atoms. The van der Waals surface area contributed by atoms with Gasteiger partial charge in [-0.1, -0.05) is 0 Å². The number of guanidine groups is 1. The van der Waals surface area contributed by atoms with Gasteiger partial charge in [0.05, 0.1) is 22.6 Å². The van der Waals surface area contributed by atoms with Crippen LogP contribution in [0.25, 0.3) is 0 Å². The highest BCUT2D eigenvalue weighted by atomic mass is 127. The lowest BCUT2D eigenvalue weighted by Crippen LogP contribution is -2.55. The van der Waals surface area contributed by atoms with Gasteiger partial charge in [0.1, 0.15) is 6.54 Å². The second-order valence-corrected chi connectivity index (χ2v) is 9.03. The van der Waals surface area contributed by atoms with Gasteiger partial charge < -0.3 is 15.1 Å². The average Bonchev–Trinajstić information content (AvgIpc) is 3.36. The van der Waals surface area contributed by atoms with Crippen LogP contribution in [-0.2, 0) is 31.1 Å². The lowest BCUT2D eigenvalue weighted by atomic mass is 10.0. The first kappa shape index (κ1) is 24.0. The number of aromatic nitrogens is 3. The number of anilines is 1. The van der Waals surface area contributed by atoms with Crippen LogP contribution in [0.4, 0.5) is 5.69 Å². The Kier molecular flexibility index (Phi) is 8.70. The lowest BCUT2D eigenvalue weighted by molar-refractivity contribution is -0.120. The Balaban J connectivity index is 0.00000272. The molecule has 1 N–H and O–H groups in total. The number of fused-ring (bicyclic) bond motifs is 1. The Hall–Kier alpha value is -1.69. The van der Waals surface area contributed by atoms with Crippen molar-refractivity contribution in [2.75, 3.05) is 37.6 Å². The Labute approximate surface area is 205 Å². The minimum atomic E-state index is 0. The maximum absolute atomic E-state index is 12.7. The molecule has 4 rings (SSSR count). The normalized spacial score (nSPS) is 16.8.